The summed E-state index contributed by atoms with van der Waals surface area (Å²) >= 11 is 3.70. The molecule has 3 nitrogen and oxygen atoms in total. The van der Waals surface area contributed by atoms with E-state index in [1.54, 1.807) is 0 Å². The summed E-state index contributed by atoms with van der Waals surface area (Å²) in [6.07, 6.45) is 4.62. The van der Waals surface area contributed by atoms with Crippen molar-refractivity contribution in [2.24, 2.45) is 0 Å². The summed E-state index contributed by atoms with van der Waals surface area (Å²) < 4.78 is 3.23. The van der Waals surface area contributed by atoms with Gasteiger partial charge in [-0.3, -0.25) is 0 Å². The smallest absolute Gasteiger partial charge is 0.0660 e. The van der Waals surface area contributed by atoms with Gasteiger partial charge in [-0.1, -0.05) is 35.8 Å². The Morgan fingerprint density at radius 1 is 1.24 bits per heavy atom. The van der Waals surface area contributed by atoms with Crippen molar-refractivity contribution in [1.29, 1.82) is 0 Å². The lowest BCUT2D eigenvalue weighted by atomic mass is 10.2. The standard InChI is InChI=1S/C17H22BrN3/c1-3-13-9-15(4-2)21(20-13)16-8-5-12(17(18)10-16)11-19-14-6-7-14/h5,8-10,14,19H,3-4,6-7,11H2,1-2H3. The van der Waals surface area contributed by atoms with Gasteiger partial charge in [-0.25, -0.2) is 4.68 Å². The molecular formula is C17H22BrN3. The zero-order chi connectivity index (χ0) is 14.8. The lowest BCUT2D eigenvalue weighted by molar-refractivity contribution is 0.685. The van der Waals surface area contributed by atoms with E-state index in [4.69, 9.17) is 5.10 Å². The molecule has 1 aromatic carbocycles. The SMILES string of the molecule is CCc1cc(CC)n(-c2ccc(CNC3CC3)c(Br)c2)n1. The van der Waals surface area contributed by atoms with E-state index in [2.05, 4.69) is 64.0 Å². The number of benzene rings is 1. The van der Waals surface area contributed by atoms with E-state index >= 15 is 0 Å². The first kappa shape index (κ1) is 14.8. The van der Waals surface area contributed by atoms with Gasteiger partial charge in [0.1, 0.15) is 0 Å². The van der Waals surface area contributed by atoms with Crippen LogP contribution in [0.2, 0.25) is 0 Å². The minimum Gasteiger partial charge on any atom is -0.310 e. The van der Waals surface area contributed by atoms with Crippen LogP contribution in [0, 0.1) is 0 Å². The van der Waals surface area contributed by atoms with Crippen molar-refractivity contribution in [3.63, 3.8) is 0 Å². The zero-order valence-corrected chi connectivity index (χ0v) is 14.3. The second kappa shape index (κ2) is 6.32. The number of halogens is 1. The Bertz CT molecular complexity index is 629. The average Bonchev–Trinajstić information content (AvgIpc) is 3.23. The van der Waals surface area contributed by atoms with Gasteiger partial charge in [-0.2, -0.15) is 5.10 Å². The monoisotopic (exact) mass is 347 g/mol. The van der Waals surface area contributed by atoms with Gasteiger partial charge in [0.05, 0.1) is 11.4 Å². The van der Waals surface area contributed by atoms with Gasteiger partial charge < -0.3 is 5.32 Å². The van der Waals surface area contributed by atoms with Crippen LogP contribution in [0.4, 0.5) is 0 Å². The molecule has 0 spiro atoms. The minimum atomic E-state index is 0.737. The number of nitrogens with zero attached hydrogens (tertiary/aromatic N) is 2. The summed E-state index contributed by atoms with van der Waals surface area (Å²) in [4.78, 5) is 0. The Morgan fingerprint density at radius 3 is 2.67 bits per heavy atom. The van der Waals surface area contributed by atoms with Crippen molar-refractivity contribution in [3.8, 4) is 5.69 Å². The molecule has 1 aliphatic rings. The van der Waals surface area contributed by atoms with E-state index in [0.717, 1.165) is 41.3 Å². The summed E-state index contributed by atoms with van der Waals surface area (Å²) in [7, 11) is 0. The van der Waals surface area contributed by atoms with Crippen molar-refractivity contribution >= 4 is 15.9 Å². The Morgan fingerprint density at radius 2 is 2.05 bits per heavy atom. The van der Waals surface area contributed by atoms with E-state index in [9.17, 15) is 0 Å². The third-order valence-corrected chi connectivity index (χ3v) is 4.74. The fraction of sp³-hybridized carbons (Fsp3) is 0.471. The van der Waals surface area contributed by atoms with E-state index in [1.165, 1.54) is 24.1 Å². The first-order valence-electron chi connectivity index (χ1n) is 7.81. The predicted molar refractivity (Wildman–Crippen MR) is 89.9 cm³/mol. The van der Waals surface area contributed by atoms with Gasteiger partial charge in [-0.05, 0) is 49.4 Å². The highest BCUT2D eigenvalue weighted by atomic mass is 79.9. The molecule has 0 amide bonds. The van der Waals surface area contributed by atoms with Crippen LogP contribution >= 0.6 is 15.9 Å². The Labute approximate surface area is 134 Å². The van der Waals surface area contributed by atoms with Gasteiger partial charge in [0.15, 0.2) is 0 Å². The van der Waals surface area contributed by atoms with Crippen molar-refractivity contribution < 1.29 is 0 Å². The summed E-state index contributed by atoms with van der Waals surface area (Å²) in [6, 6.07) is 9.48. The van der Waals surface area contributed by atoms with Gasteiger partial charge in [-0.15, -0.1) is 0 Å². The van der Waals surface area contributed by atoms with Crippen LogP contribution in [0.3, 0.4) is 0 Å². The normalized spacial score (nSPS) is 14.6. The molecule has 0 radical (unpaired) electrons. The first-order chi connectivity index (χ1) is 10.2. The number of hydrogen-bond donors (Lipinski definition) is 1. The maximum atomic E-state index is 4.70. The maximum absolute atomic E-state index is 4.70. The molecular weight excluding hydrogens is 326 g/mol. The van der Waals surface area contributed by atoms with Crippen LogP contribution in [-0.4, -0.2) is 15.8 Å². The fourth-order valence-corrected chi connectivity index (χ4v) is 2.98. The third kappa shape index (κ3) is 3.38. The average molecular weight is 348 g/mol. The predicted octanol–water partition coefficient (Wildman–Crippen LogP) is 4.01. The van der Waals surface area contributed by atoms with Crippen molar-refractivity contribution in [2.45, 2.75) is 52.1 Å². The Hall–Kier alpha value is -1.13. The molecule has 1 aliphatic carbocycles. The molecule has 3 rings (SSSR count). The molecule has 0 unspecified atom stereocenters. The van der Waals surface area contributed by atoms with Gasteiger partial charge in [0, 0.05) is 22.8 Å². The van der Waals surface area contributed by atoms with Crippen molar-refractivity contribution in [3.05, 3.63) is 45.7 Å². The molecule has 2 aromatic rings. The quantitative estimate of drug-likeness (QED) is 0.855. The molecule has 1 saturated carbocycles. The van der Waals surface area contributed by atoms with Crippen LogP contribution in [0.5, 0.6) is 0 Å². The number of aromatic nitrogens is 2. The highest BCUT2D eigenvalue weighted by Gasteiger charge is 2.20. The molecule has 0 atom stereocenters. The highest BCUT2D eigenvalue weighted by Crippen LogP contribution is 2.24. The molecule has 112 valence electrons. The van der Waals surface area contributed by atoms with Crippen molar-refractivity contribution in [1.82, 2.24) is 15.1 Å². The van der Waals surface area contributed by atoms with Crippen LogP contribution in [0.25, 0.3) is 5.69 Å². The highest BCUT2D eigenvalue weighted by molar-refractivity contribution is 9.10. The molecule has 1 aromatic heterocycles. The number of hydrogen-bond acceptors (Lipinski definition) is 2. The van der Waals surface area contributed by atoms with Crippen LogP contribution in [0.1, 0.15) is 43.6 Å². The Kier molecular flexibility index (Phi) is 4.45. The number of aryl methyl sites for hydroxylation is 2. The molecule has 1 N–H and O–H groups in total. The molecule has 0 aliphatic heterocycles. The van der Waals surface area contributed by atoms with E-state index in [1.807, 2.05) is 0 Å². The second-order valence-electron chi connectivity index (χ2n) is 5.68. The minimum absolute atomic E-state index is 0.737. The van der Waals surface area contributed by atoms with Crippen LogP contribution < -0.4 is 5.32 Å². The van der Waals surface area contributed by atoms with E-state index < -0.39 is 0 Å². The topological polar surface area (TPSA) is 29.9 Å². The maximum Gasteiger partial charge on any atom is 0.0660 e. The summed E-state index contributed by atoms with van der Waals surface area (Å²) in [6.45, 7) is 5.26. The second-order valence-corrected chi connectivity index (χ2v) is 6.53. The van der Waals surface area contributed by atoms with Crippen molar-refractivity contribution in [2.75, 3.05) is 0 Å². The molecule has 0 saturated heterocycles. The molecule has 1 fully saturated rings. The lowest BCUT2D eigenvalue weighted by Gasteiger charge is -2.10. The molecule has 21 heavy (non-hydrogen) atoms. The number of rotatable bonds is 6. The summed E-state index contributed by atoms with van der Waals surface area (Å²) in [5.74, 6) is 0. The van der Waals surface area contributed by atoms with Gasteiger partial charge >= 0.3 is 0 Å². The van der Waals surface area contributed by atoms with Crippen LogP contribution in [-0.2, 0) is 19.4 Å². The molecule has 4 heteroatoms. The lowest BCUT2D eigenvalue weighted by Crippen LogP contribution is -2.15. The molecule has 0 bridgehead atoms. The number of nitrogens with one attached hydrogen (secondary N) is 1. The fourth-order valence-electron chi connectivity index (χ4n) is 2.48. The van der Waals surface area contributed by atoms with Gasteiger partial charge in [0.2, 0.25) is 0 Å². The van der Waals surface area contributed by atoms with Crippen LogP contribution in [0.15, 0.2) is 28.7 Å². The van der Waals surface area contributed by atoms with Gasteiger partial charge in [0.25, 0.3) is 0 Å². The zero-order valence-electron chi connectivity index (χ0n) is 12.7. The summed E-state index contributed by atoms with van der Waals surface area (Å²) in [5, 5.41) is 8.26. The Balaban J connectivity index is 1.84. The molecule has 1 heterocycles. The van der Waals surface area contributed by atoms with E-state index in [0.29, 0.717) is 0 Å². The largest absolute Gasteiger partial charge is 0.310 e. The first-order valence-corrected chi connectivity index (χ1v) is 8.60. The third-order valence-electron chi connectivity index (χ3n) is 4.00. The van der Waals surface area contributed by atoms with E-state index in [-0.39, 0.29) is 0 Å². The summed E-state index contributed by atoms with van der Waals surface area (Å²) in [5.41, 5.74) is 4.87.